The maximum Gasteiger partial charge on any atom is 0.191 e. The van der Waals surface area contributed by atoms with Gasteiger partial charge in [-0.05, 0) is 30.5 Å². The van der Waals surface area contributed by atoms with Gasteiger partial charge in [-0.15, -0.1) is 24.0 Å². The molecule has 0 radical (unpaired) electrons. The van der Waals surface area contributed by atoms with Gasteiger partial charge in [0.15, 0.2) is 17.5 Å². The van der Waals surface area contributed by atoms with E-state index in [0.717, 1.165) is 18.6 Å². The van der Waals surface area contributed by atoms with Gasteiger partial charge in [-0.25, -0.2) is 4.39 Å². The molecule has 0 spiro atoms. The second kappa shape index (κ2) is 10.8. The number of halogens is 2. The first-order valence-electron chi connectivity index (χ1n) is 8.08. The van der Waals surface area contributed by atoms with E-state index in [2.05, 4.69) is 15.6 Å². The Morgan fingerprint density at radius 3 is 2.80 bits per heavy atom. The van der Waals surface area contributed by atoms with Gasteiger partial charge < -0.3 is 25.2 Å². The number of methoxy groups -OCH3 is 1. The molecule has 0 amide bonds. The van der Waals surface area contributed by atoms with Gasteiger partial charge in [0, 0.05) is 38.8 Å². The topological polar surface area (TPSA) is 75.1 Å². The third-order valence-corrected chi connectivity index (χ3v) is 4.36. The fraction of sp³-hybridized carbons (Fsp3) is 0.588. The lowest BCUT2D eigenvalue weighted by Crippen LogP contribution is -2.44. The first-order chi connectivity index (χ1) is 11.6. The van der Waals surface area contributed by atoms with Gasteiger partial charge in [0.2, 0.25) is 0 Å². The summed E-state index contributed by atoms with van der Waals surface area (Å²) >= 11 is 0. The molecular formula is C17H27FIN3O3. The fourth-order valence-corrected chi connectivity index (χ4v) is 2.81. The van der Waals surface area contributed by atoms with Crippen molar-refractivity contribution in [2.24, 2.45) is 10.4 Å². The van der Waals surface area contributed by atoms with E-state index < -0.39 is 0 Å². The molecule has 1 aromatic carbocycles. The third kappa shape index (κ3) is 6.27. The summed E-state index contributed by atoms with van der Waals surface area (Å²) in [7, 11) is 3.13. The summed E-state index contributed by atoms with van der Waals surface area (Å²) in [6.07, 6.45) is 1.61. The van der Waals surface area contributed by atoms with Crippen molar-refractivity contribution in [3.05, 3.63) is 29.6 Å². The van der Waals surface area contributed by atoms with E-state index in [0.29, 0.717) is 32.1 Å². The van der Waals surface area contributed by atoms with Crippen LogP contribution in [0.4, 0.5) is 4.39 Å². The Labute approximate surface area is 165 Å². The lowest BCUT2D eigenvalue weighted by molar-refractivity contribution is 0.127. The minimum absolute atomic E-state index is 0. The maximum atomic E-state index is 13.7. The van der Waals surface area contributed by atoms with Crippen LogP contribution in [0.5, 0.6) is 5.75 Å². The Kier molecular flexibility index (Phi) is 9.44. The second-order valence-corrected chi connectivity index (χ2v) is 6.02. The standard InChI is InChI=1S/C17H26FN3O3.HI/c1-19-16(21-11-17(5-7-22)6-8-24-12-17)20-10-13-3-4-15(23-2)14(18)9-13;/h3-4,9,22H,5-8,10-12H2,1-2H3,(H2,19,20,21);1H. The number of hydrogen-bond acceptors (Lipinski definition) is 4. The monoisotopic (exact) mass is 467 g/mol. The first-order valence-corrected chi connectivity index (χ1v) is 8.08. The molecule has 6 nitrogen and oxygen atoms in total. The molecule has 1 saturated heterocycles. The molecule has 1 atom stereocenters. The van der Waals surface area contributed by atoms with Crippen molar-refractivity contribution >= 4 is 29.9 Å². The van der Waals surface area contributed by atoms with Gasteiger partial charge in [0.25, 0.3) is 0 Å². The van der Waals surface area contributed by atoms with Crippen molar-refractivity contribution in [2.75, 3.05) is 40.5 Å². The molecule has 8 heteroatoms. The van der Waals surface area contributed by atoms with Gasteiger partial charge >= 0.3 is 0 Å². The second-order valence-electron chi connectivity index (χ2n) is 6.02. The Morgan fingerprint density at radius 2 is 2.24 bits per heavy atom. The normalized spacial score (nSPS) is 20.1. The molecule has 142 valence electrons. The van der Waals surface area contributed by atoms with Gasteiger partial charge in [-0.3, -0.25) is 4.99 Å². The fourth-order valence-electron chi connectivity index (χ4n) is 2.81. The summed E-state index contributed by atoms with van der Waals surface area (Å²) < 4.78 is 24.1. The lowest BCUT2D eigenvalue weighted by atomic mass is 9.84. The maximum absolute atomic E-state index is 13.7. The molecule has 0 aromatic heterocycles. The van der Waals surface area contributed by atoms with Crippen molar-refractivity contribution in [2.45, 2.75) is 19.4 Å². The van der Waals surface area contributed by atoms with Crippen molar-refractivity contribution in [1.29, 1.82) is 0 Å². The van der Waals surface area contributed by atoms with Crippen LogP contribution in [0.25, 0.3) is 0 Å². The first kappa shape index (κ1) is 21.9. The van der Waals surface area contributed by atoms with Gasteiger partial charge in [0.1, 0.15) is 0 Å². The molecule has 0 bridgehead atoms. The van der Waals surface area contributed by atoms with Crippen LogP contribution in [0.15, 0.2) is 23.2 Å². The van der Waals surface area contributed by atoms with Crippen LogP contribution >= 0.6 is 24.0 Å². The molecule has 1 aliphatic rings. The third-order valence-electron chi connectivity index (χ3n) is 4.36. The molecule has 1 fully saturated rings. The smallest absolute Gasteiger partial charge is 0.191 e. The summed E-state index contributed by atoms with van der Waals surface area (Å²) in [5, 5.41) is 15.7. The van der Waals surface area contributed by atoms with Crippen LogP contribution in [0.3, 0.4) is 0 Å². The summed E-state index contributed by atoms with van der Waals surface area (Å²) in [6.45, 7) is 2.62. The van der Waals surface area contributed by atoms with E-state index in [1.807, 2.05) is 0 Å². The number of ether oxygens (including phenoxy) is 2. The molecule has 0 aliphatic carbocycles. The number of aliphatic imine (C=N–C) groups is 1. The van der Waals surface area contributed by atoms with E-state index in [4.69, 9.17) is 9.47 Å². The number of guanidine groups is 1. The van der Waals surface area contributed by atoms with Crippen molar-refractivity contribution in [1.82, 2.24) is 10.6 Å². The van der Waals surface area contributed by atoms with Crippen molar-refractivity contribution in [3.63, 3.8) is 0 Å². The van der Waals surface area contributed by atoms with E-state index in [1.165, 1.54) is 13.2 Å². The Bertz CT molecular complexity index is 566. The van der Waals surface area contributed by atoms with Crippen molar-refractivity contribution < 1.29 is 19.0 Å². The summed E-state index contributed by atoms with van der Waals surface area (Å²) in [6, 6.07) is 4.85. The number of rotatable bonds is 7. The molecule has 0 saturated carbocycles. The van der Waals surface area contributed by atoms with Gasteiger partial charge in [0.05, 0.1) is 13.7 Å². The highest BCUT2D eigenvalue weighted by Gasteiger charge is 2.34. The molecule has 1 heterocycles. The number of benzene rings is 1. The number of aliphatic hydroxyl groups is 1. The SMILES string of the molecule is CN=C(NCc1ccc(OC)c(F)c1)NCC1(CCO)CCOC1.I. The predicted molar refractivity (Wildman–Crippen MR) is 106 cm³/mol. The zero-order valence-corrected chi connectivity index (χ0v) is 17.0. The average Bonchev–Trinajstić information content (AvgIpc) is 3.04. The minimum Gasteiger partial charge on any atom is -0.494 e. The molecule has 3 N–H and O–H groups in total. The molecule has 25 heavy (non-hydrogen) atoms. The van der Waals surface area contributed by atoms with Gasteiger partial charge in [-0.1, -0.05) is 6.07 Å². The Balaban J connectivity index is 0.00000312. The predicted octanol–water partition coefficient (Wildman–Crippen LogP) is 1.91. The van der Waals surface area contributed by atoms with Crippen LogP contribution in [0, 0.1) is 11.2 Å². The number of nitrogens with one attached hydrogen (secondary N) is 2. The minimum atomic E-state index is -0.384. The zero-order valence-electron chi connectivity index (χ0n) is 14.7. The average molecular weight is 467 g/mol. The van der Waals surface area contributed by atoms with E-state index in [9.17, 15) is 9.50 Å². The highest BCUT2D eigenvalue weighted by Crippen LogP contribution is 2.31. The largest absolute Gasteiger partial charge is 0.494 e. The Morgan fingerprint density at radius 1 is 1.44 bits per heavy atom. The summed E-state index contributed by atoms with van der Waals surface area (Å²) in [5.41, 5.74) is 0.740. The van der Waals surface area contributed by atoms with Gasteiger partial charge in [-0.2, -0.15) is 0 Å². The molecule has 1 aromatic rings. The molecular weight excluding hydrogens is 440 g/mol. The van der Waals surface area contributed by atoms with E-state index in [-0.39, 0.29) is 47.6 Å². The highest BCUT2D eigenvalue weighted by molar-refractivity contribution is 14.0. The number of aliphatic hydroxyl groups excluding tert-OH is 1. The van der Waals surface area contributed by atoms with Crippen LogP contribution in [0.2, 0.25) is 0 Å². The number of hydrogen-bond donors (Lipinski definition) is 3. The zero-order chi connectivity index (χ0) is 17.4. The molecule has 1 unspecified atom stereocenters. The van der Waals surface area contributed by atoms with Crippen LogP contribution in [-0.4, -0.2) is 51.6 Å². The lowest BCUT2D eigenvalue weighted by Gasteiger charge is -2.27. The highest BCUT2D eigenvalue weighted by atomic mass is 127. The van der Waals surface area contributed by atoms with Crippen molar-refractivity contribution in [3.8, 4) is 5.75 Å². The van der Waals surface area contributed by atoms with Crippen LogP contribution < -0.4 is 15.4 Å². The summed E-state index contributed by atoms with van der Waals surface area (Å²) in [5.74, 6) is 0.480. The quantitative estimate of drug-likeness (QED) is 0.325. The number of nitrogens with zero attached hydrogens (tertiary/aromatic N) is 1. The van der Waals surface area contributed by atoms with E-state index in [1.54, 1.807) is 19.2 Å². The Hall–Kier alpha value is -1.13. The van der Waals surface area contributed by atoms with E-state index >= 15 is 0 Å². The summed E-state index contributed by atoms with van der Waals surface area (Å²) in [4.78, 5) is 4.18. The molecule has 2 rings (SSSR count). The molecule has 1 aliphatic heterocycles. The van der Waals surface area contributed by atoms with Crippen LogP contribution in [0.1, 0.15) is 18.4 Å². The van der Waals surface area contributed by atoms with Crippen LogP contribution in [-0.2, 0) is 11.3 Å².